The van der Waals surface area contributed by atoms with Crippen molar-refractivity contribution in [2.75, 3.05) is 50.9 Å². The van der Waals surface area contributed by atoms with E-state index in [1.54, 1.807) is 71.8 Å². The molecule has 10 amide bonds. The third kappa shape index (κ3) is 15.3. The minimum atomic E-state index is -1.13. The Hall–Kier alpha value is -9.05. The molecular formula is C68H78N12O8S. The Morgan fingerprint density at radius 1 is 0.438 bits per heavy atom. The van der Waals surface area contributed by atoms with Crippen molar-refractivity contribution in [1.29, 1.82) is 0 Å². The molecule has 20 nitrogen and oxygen atoms in total. The van der Waals surface area contributed by atoms with Gasteiger partial charge in [-0.1, -0.05) is 133 Å². The summed E-state index contributed by atoms with van der Waals surface area (Å²) in [6.45, 7) is 3.66. The van der Waals surface area contributed by atoms with Crippen LogP contribution in [0.15, 0.2) is 180 Å². The number of carbonyl (C=O) groups is 8. The molecule has 8 atom stereocenters. The zero-order valence-electron chi connectivity index (χ0n) is 50.5. The van der Waals surface area contributed by atoms with Crippen LogP contribution in [0.1, 0.15) is 86.7 Å². The molecule has 0 aliphatic carbocycles. The quantitative estimate of drug-likeness (QED) is 0.0434. The first-order chi connectivity index (χ1) is 43.2. The lowest BCUT2D eigenvalue weighted by Gasteiger charge is -2.39. The highest BCUT2D eigenvalue weighted by Gasteiger charge is 2.48. The summed E-state index contributed by atoms with van der Waals surface area (Å²) in [6, 6.07) is 45.8. The largest absolute Gasteiger partial charge is 0.343 e. The molecule has 6 aromatic rings. The topological polar surface area (TPSA) is 246 Å². The number of fused-ring (bicyclic) bond motifs is 2. The second-order valence-electron chi connectivity index (χ2n) is 23.1. The molecule has 4 saturated heterocycles. The van der Waals surface area contributed by atoms with Crippen LogP contribution in [0.5, 0.6) is 0 Å². The molecule has 10 rings (SSSR count). The monoisotopic (exact) mass is 1220 g/mol. The van der Waals surface area contributed by atoms with Crippen molar-refractivity contribution in [3.63, 3.8) is 0 Å². The first-order valence-corrected chi connectivity index (χ1v) is 31.4. The van der Waals surface area contributed by atoms with E-state index in [-0.39, 0.29) is 50.1 Å². The Morgan fingerprint density at radius 2 is 0.764 bits per heavy atom. The van der Waals surface area contributed by atoms with Crippen molar-refractivity contribution >= 4 is 70.6 Å². The molecule has 8 N–H and O–H groups in total. The van der Waals surface area contributed by atoms with Gasteiger partial charge in [-0.2, -0.15) is 0 Å². The van der Waals surface area contributed by atoms with Crippen LogP contribution in [0.3, 0.4) is 0 Å². The molecule has 0 aromatic heterocycles. The fourth-order valence-corrected chi connectivity index (χ4v) is 13.1. The maximum atomic E-state index is 14.7. The minimum absolute atomic E-state index is 0.119. The molecule has 1 unspecified atom stereocenters. The summed E-state index contributed by atoms with van der Waals surface area (Å²) in [7, 11) is 3.29. The smallest absolute Gasteiger partial charge is 0.321 e. The van der Waals surface area contributed by atoms with Gasteiger partial charge in [0.2, 0.25) is 35.4 Å². The van der Waals surface area contributed by atoms with Gasteiger partial charge in [-0.25, -0.2) is 9.59 Å². The molecule has 21 heteroatoms. The van der Waals surface area contributed by atoms with Gasteiger partial charge in [-0.05, 0) is 137 Å². The molecular weight excluding hydrogens is 1140 g/mol. The van der Waals surface area contributed by atoms with Crippen LogP contribution in [0, 0.1) is 0 Å². The first-order valence-electron chi connectivity index (χ1n) is 30.6. The van der Waals surface area contributed by atoms with Crippen molar-refractivity contribution in [1.82, 2.24) is 51.5 Å². The normalized spacial score (nSPS) is 20.8. The molecule has 0 saturated carbocycles. The van der Waals surface area contributed by atoms with Gasteiger partial charge in [0.25, 0.3) is 0 Å². The van der Waals surface area contributed by atoms with Crippen LogP contribution in [0.2, 0.25) is 0 Å². The molecule has 0 bridgehead atoms. The average molecular weight is 1220 g/mol. The van der Waals surface area contributed by atoms with Crippen LogP contribution in [0.25, 0.3) is 0 Å². The second kappa shape index (κ2) is 29.3. The van der Waals surface area contributed by atoms with Gasteiger partial charge in [0.05, 0.1) is 37.3 Å². The molecule has 0 spiro atoms. The van der Waals surface area contributed by atoms with Crippen molar-refractivity contribution in [2.24, 2.45) is 0 Å². The van der Waals surface area contributed by atoms with E-state index < -0.39 is 84.0 Å². The molecule has 6 aromatic carbocycles. The van der Waals surface area contributed by atoms with Gasteiger partial charge >= 0.3 is 12.1 Å². The predicted octanol–water partition coefficient (Wildman–Crippen LogP) is 7.03. The predicted molar refractivity (Wildman–Crippen MR) is 341 cm³/mol. The van der Waals surface area contributed by atoms with Gasteiger partial charge in [-0.3, -0.25) is 28.8 Å². The number of likely N-dealkylation sites (N-methyl/N-ethyl adjacent to an activating group) is 2. The lowest BCUT2D eigenvalue weighted by atomic mass is 9.98. The lowest BCUT2D eigenvalue weighted by Crippen LogP contribution is -2.62. The van der Waals surface area contributed by atoms with Crippen molar-refractivity contribution in [2.45, 2.75) is 123 Å². The Labute approximate surface area is 523 Å². The maximum absolute atomic E-state index is 14.7. The molecule has 464 valence electrons. The Balaban J connectivity index is 0.756. The van der Waals surface area contributed by atoms with Crippen LogP contribution >= 0.6 is 11.8 Å². The highest BCUT2D eigenvalue weighted by molar-refractivity contribution is 7.99. The summed E-state index contributed by atoms with van der Waals surface area (Å²) in [5.41, 5.74) is 4.64. The van der Waals surface area contributed by atoms with Crippen molar-refractivity contribution < 1.29 is 38.4 Å². The van der Waals surface area contributed by atoms with E-state index in [1.807, 2.05) is 146 Å². The number of nitrogens with zero attached hydrogens (tertiary/aromatic N) is 4. The van der Waals surface area contributed by atoms with E-state index in [0.29, 0.717) is 49.9 Å². The van der Waals surface area contributed by atoms with Crippen molar-refractivity contribution in [3.05, 3.63) is 192 Å². The Kier molecular flexibility index (Phi) is 20.7. The molecule has 4 fully saturated rings. The fourth-order valence-electron chi connectivity index (χ4n) is 12.2. The highest BCUT2D eigenvalue weighted by Crippen LogP contribution is 2.35. The number of benzene rings is 6. The molecule has 0 radical (unpaired) electrons. The number of hydrogen-bond acceptors (Lipinski definition) is 11. The van der Waals surface area contributed by atoms with E-state index in [0.717, 1.165) is 32.0 Å². The van der Waals surface area contributed by atoms with Gasteiger partial charge in [-0.15, -0.1) is 0 Å². The molecule has 4 aliphatic heterocycles. The van der Waals surface area contributed by atoms with Crippen LogP contribution in [0.4, 0.5) is 21.0 Å². The first kappa shape index (κ1) is 63.0. The Bertz CT molecular complexity index is 3140. The average Bonchev–Trinajstić information content (AvgIpc) is 1.97. The number of carbonyl (C=O) groups excluding carboxylic acids is 8. The van der Waals surface area contributed by atoms with Crippen LogP contribution in [-0.2, 0) is 28.8 Å². The number of anilines is 2. The SMILES string of the molecule is CN[C@@H](C)C(=O)N[C@H]1CN(C(=O)Nc2ccc(Sc3ccc(NC(=O)N4CC[C@H]5CC[C@@H](C(=O)NC(c6ccccc6)c6ccccc6)N5C(=O)[C@@H](NC(=O)[C@H](C)NC)C4)cc3)cc2)CC[C@H]2CCC(C(=O)NC(c3ccccc3)c3ccccc3)N2C1=O. The third-order valence-corrected chi connectivity index (χ3v) is 18.4. The van der Waals surface area contributed by atoms with E-state index in [4.69, 9.17) is 0 Å². The van der Waals surface area contributed by atoms with Crippen LogP contribution in [-0.4, -0.2) is 156 Å². The number of nitrogens with one attached hydrogen (secondary N) is 8. The highest BCUT2D eigenvalue weighted by atomic mass is 32.2. The number of amides is 10. The molecule has 4 aliphatic rings. The summed E-state index contributed by atoms with van der Waals surface area (Å²) >= 11 is 1.47. The molecule has 89 heavy (non-hydrogen) atoms. The number of hydrogen-bond donors (Lipinski definition) is 8. The zero-order valence-corrected chi connectivity index (χ0v) is 51.3. The van der Waals surface area contributed by atoms with E-state index in [2.05, 4.69) is 42.5 Å². The number of urea groups is 2. The van der Waals surface area contributed by atoms with Gasteiger partial charge in [0, 0.05) is 46.3 Å². The number of rotatable bonds is 18. The van der Waals surface area contributed by atoms with E-state index in [9.17, 15) is 38.4 Å². The second-order valence-corrected chi connectivity index (χ2v) is 24.3. The van der Waals surface area contributed by atoms with E-state index >= 15 is 0 Å². The van der Waals surface area contributed by atoms with Gasteiger partial charge < -0.3 is 62.1 Å². The summed E-state index contributed by atoms with van der Waals surface area (Å²) in [6.07, 6.45) is 2.80. The summed E-state index contributed by atoms with van der Waals surface area (Å²) < 4.78 is 0. The van der Waals surface area contributed by atoms with Gasteiger partial charge in [0.1, 0.15) is 24.2 Å². The third-order valence-electron chi connectivity index (χ3n) is 17.4. The maximum Gasteiger partial charge on any atom is 0.321 e. The van der Waals surface area contributed by atoms with Crippen molar-refractivity contribution in [3.8, 4) is 0 Å². The van der Waals surface area contributed by atoms with Crippen LogP contribution < -0.4 is 42.5 Å². The molecule has 4 heterocycles. The lowest BCUT2D eigenvalue weighted by molar-refractivity contribution is -0.144. The summed E-state index contributed by atoms with van der Waals surface area (Å²) in [4.78, 5) is 121. The zero-order chi connectivity index (χ0) is 62.6. The summed E-state index contributed by atoms with van der Waals surface area (Å²) in [5, 5.41) is 24.1. The summed E-state index contributed by atoms with van der Waals surface area (Å²) in [5.74, 6) is -2.26. The van der Waals surface area contributed by atoms with E-state index in [1.165, 1.54) is 11.8 Å². The fraction of sp³-hybridized carbons (Fsp3) is 0.353. The Morgan fingerprint density at radius 3 is 1.08 bits per heavy atom. The standard InChI is InChI=1S/C68H78N12O8S/c1-43(69-3)61(81)73-55-41-77(39-37-51-29-35-57(79(51)65(55)85)63(83)75-59(45-17-9-5-10-18-45)46-19-11-6-12-20-46)67(87)71-49-25-31-53(32-26-49)89-54-33-27-50(28-34-54)72-68(88)78-40-38-52-30-36-58(80(52)66(86)56(42-78)74-62(82)44(2)70-4)64(84)76-60(47-21-13-7-14-22-47)48-23-15-8-16-24-48/h5-28,31-34,43-44,51-52,55-60,69-70H,29-30,35-42H2,1-4H3,(H,71,87)(H,72,88)(H,73,81)(H,74,82)(H,75,83)(H,76,84)/t43-,44-,51+,52+,55-,56-,57-,58?/m0/s1. The minimum Gasteiger partial charge on any atom is -0.343 e. The van der Waals surface area contributed by atoms with Gasteiger partial charge in [0.15, 0.2) is 0 Å².